The minimum atomic E-state index is -0.146. The highest BCUT2D eigenvalue weighted by molar-refractivity contribution is 7.99. The molecule has 0 unspecified atom stereocenters. The number of amides is 1. The Kier molecular flexibility index (Phi) is 7.08. The van der Waals surface area contributed by atoms with Crippen molar-refractivity contribution < 1.29 is 4.79 Å². The Morgan fingerprint density at radius 2 is 1.51 bits per heavy atom. The van der Waals surface area contributed by atoms with E-state index >= 15 is 0 Å². The Morgan fingerprint density at radius 1 is 0.821 bits per heavy atom. The maximum absolute atomic E-state index is 12.7. The third-order valence-electron chi connectivity index (χ3n) is 6.13. The molecule has 2 aromatic heterocycles. The van der Waals surface area contributed by atoms with E-state index in [4.69, 9.17) is 16.6 Å². The van der Waals surface area contributed by atoms with Gasteiger partial charge in [-0.1, -0.05) is 90.1 Å². The molecular formula is C31H22ClN5OS. The van der Waals surface area contributed by atoms with Gasteiger partial charge in [0.25, 0.3) is 0 Å². The topological polar surface area (TPSA) is 72.7 Å². The van der Waals surface area contributed by atoms with Crippen LogP contribution in [-0.2, 0) is 4.79 Å². The van der Waals surface area contributed by atoms with Gasteiger partial charge in [-0.3, -0.25) is 9.36 Å². The van der Waals surface area contributed by atoms with Gasteiger partial charge in [0.15, 0.2) is 11.0 Å². The zero-order valence-electron chi connectivity index (χ0n) is 20.7. The zero-order chi connectivity index (χ0) is 26.6. The van der Waals surface area contributed by atoms with Crippen LogP contribution in [0.4, 0.5) is 5.69 Å². The Labute approximate surface area is 234 Å². The Bertz CT molecular complexity index is 1760. The van der Waals surface area contributed by atoms with E-state index in [1.807, 2.05) is 89.5 Å². The molecule has 0 spiro atoms. The van der Waals surface area contributed by atoms with Crippen molar-refractivity contribution in [2.24, 2.45) is 0 Å². The molecule has 190 valence electrons. The van der Waals surface area contributed by atoms with Crippen LogP contribution in [0.3, 0.4) is 0 Å². The molecule has 6 nitrogen and oxygen atoms in total. The van der Waals surface area contributed by atoms with Crippen molar-refractivity contribution in [3.05, 3.63) is 120 Å². The van der Waals surface area contributed by atoms with Crippen molar-refractivity contribution in [3.63, 3.8) is 0 Å². The highest BCUT2D eigenvalue weighted by atomic mass is 35.5. The summed E-state index contributed by atoms with van der Waals surface area (Å²) in [6.07, 6.45) is 0. The van der Waals surface area contributed by atoms with Gasteiger partial charge >= 0.3 is 0 Å². The van der Waals surface area contributed by atoms with Gasteiger partial charge in [-0.15, -0.1) is 10.2 Å². The molecule has 0 aliphatic heterocycles. The summed E-state index contributed by atoms with van der Waals surface area (Å²) in [7, 11) is 0. The molecule has 0 bridgehead atoms. The SMILES string of the molecule is O=C(CSc1nnc(-c2cc(-c3ccccc3)nc3ccccc23)n1-c1ccccc1)Nc1ccc(Cl)cc1. The maximum atomic E-state index is 12.7. The normalized spacial score (nSPS) is 11.0. The van der Waals surface area contributed by atoms with Crippen molar-refractivity contribution in [2.75, 3.05) is 11.1 Å². The molecule has 0 radical (unpaired) electrons. The molecule has 2 heterocycles. The second kappa shape index (κ2) is 11.1. The number of hydrogen-bond acceptors (Lipinski definition) is 5. The molecule has 0 fully saturated rings. The number of aromatic nitrogens is 4. The van der Waals surface area contributed by atoms with E-state index in [2.05, 4.69) is 21.6 Å². The summed E-state index contributed by atoms with van der Waals surface area (Å²) in [5.41, 5.74) is 5.24. The van der Waals surface area contributed by atoms with Gasteiger partial charge in [-0.05, 0) is 48.5 Å². The van der Waals surface area contributed by atoms with Gasteiger partial charge < -0.3 is 5.32 Å². The molecule has 6 aromatic rings. The predicted molar refractivity (Wildman–Crippen MR) is 158 cm³/mol. The second-order valence-corrected chi connectivity index (χ2v) is 10.1. The number of para-hydroxylation sites is 2. The summed E-state index contributed by atoms with van der Waals surface area (Å²) in [5, 5.41) is 14.3. The lowest BCUT2D eigenvalue weighted by atomic mass is 10.0. The van der Waals surface area contributed by atoms with E-state index in [9.17, 15) is 4.79 Å². The van der Waals surface area contributed by atoms with Gasteiger partial charge in [0.2, 0.25) is 5.91 Å². The minimum absolute atomic E-state index is 0.146. The quantitative estimate of drug-likeness (QED) is 0.209. The van der Waals surface area contributed by atoms with Crippen molar-refractivity contribution in [1.82, 2.24) is 19.7 Å². The molecule has 1 amide bonds. The number of carbonyl (C=O) groups excluding carboxylic acids is 1. The van der Waals surface area contributed by atoms with E-state index in [0.717, 1.165) is 33.4 Å². The van der Waals surface area contributed by atoms with Crippen LogP contribution in [0.2, 0.25) is 5.02 Å². The van der Waals surface area contributed by atoms with Crippen LogP contribution in [0.1, 0.15) is 0 Å². The minimum Gasteiger partial charge on any atom is -0.325 e. The van der Waals surface area contributed by atoms with E-state index < -0.39 is 0 Å². The lowest BCUT2D eigenvalue weighted by molar-refractivity contribution is -0.113. The van der Waals surface area contributed by atoms with Crippen LogP contribution < -0.4 is 5.32 Å². The van der Waals surface area contributed by atoms with Gasteiger partial charge in [0.1, 0.15) is 0 Å². The fourth-order valence-corrected chi connectivity index (χ4v) is 5.20. The molecule has 1 N–H and O–H groups in total. The molecule has 4 aromatic carbocycles. The number of halogens is 1. The number of nitrogens with one attached hydrogen (secondary N) is 1. The third kappa shape index (κ3) is 5.41. The molecule has 0 saturated carbocycles. The average Bonchev–Trinajstić information content (AvgIpc) is 3.41. The summed E-state index contributed by atoms with van der Waals surface area (Å²) < 4.78 is 2.00. The van der Waals surface area contributed by atoms with E-state index in [0.29, 0.717) is 21.7 Å². The number of pyridine rings is 1. The number of benzene rings is 4. The van der Waals surface area contributed by atoms with Gasteiger partial charge in [0, 0.05) is 32.9 Å². The maximum Gasteiger partial charge on any atom is 0.234 e. The molecule has 0 aliphatic rings. The lowest BCUT2D eigenvalue weighted by Gasteiger charge is -2.13. The summed E-state index contributed by atoms with van der Waals surface area (Å²) in [4.78, 5) is 17.7. The van der Waals surface area contributed by atoms with Crippen LogP contribution in [0.15, 0.2) is 120 Å². The van der Waals surface area contributed by atoms with Crippen LogP contribution in [-0.4, -0.2) is 31.4 Å². The Morgan fingerprint density at radius 3 is 2.28 bits per heavy atom. The van der Waals surface area contributed by atoms with Crippen LogP contribution in [0, 0.1) is 0 Å². The van der Waals surface area contributed by atoms with Crippen molar-refractivity contribution in [3.8, 4) is 28.3 Å². The summed E-state index contributed by atoms with van der Waals surface area (Å²) in [5.74, 6) is 0.699. The molecule has 0 atom stereocenters. The number of hydrogen-bond donors (Lipinski definition) is 1. The van der Waals surface area contributed by atoms with Crippen LogP contribution in [0.5, 0.6) is 0 Å². The van der Waals surface area contributed by atoms with Gasteiger partial charge in [0.05, 0.1) is 17.0 Å². The molecule has 39 heavy (non-hydrogen) atoms. The predicted octanol–water partition coefficient (Wildman–Crippen LogP) is 7.53. The zero-order valence-corrected chi connectivity index (χ0v) is 22.2. The number of carbonyl (C=O) groups is 1. The van der Waals surface area contributed by atoms with Crippen molar-refractivity contribution >= 4 is 45.9 Å². The van der Waals surface area contributed by atoms with Crippen molar-refractivity contribution in [2.45, 2.75) is 5.16 Å². The fourth-order valence-electron chi connectivity index (χ4n) is 4.33. The Balaban J connectivity index is 1.41. The first kappa shape index (κ1) is 24.9. The number of rotatable bonds is 7. The first-order valence-electron chi connectivity index (χ1n) is 12.3. The molecule has 6 rings (SSSR count). The first-order chi connectivity index (χ1) is 19.2. The summed E-state index contributed by atoms with van der Waals surface area (Å²) in [6.45, 7) is 0. The van der Waals surface area contributed by atoms with Gasteiger partial charge in [-0.25, -0.2) is 4.98 Å². The fraction of sp³-hybridized carbons (Fsp3) is 0.0323. The monoisotopic (exact) mass is 547 g/mol. The van der Waals surface area contributed by atoms with E-state index in [1.54, 1.807) is 24.3 Å². The second-order valence-electron chi connectivity index (χ2n) is 8.76. The Hall–Kier alpha value is -4.46. The average molecular weight is 548 g/mol. The molecule has 8 heteroatoms. The smallest absolute Gasteiger partial charge is 0.234 e. The number of nitrogens with zero attached hydrogens (tertiary/aromatic N) is 4. The summed E-state index contributed by atoms with van der Waals surface area (Å²) >= 11 is 7.29. The lowest BCUT2D eigenvalue weighted by Crippen LogP contribution is -2.14. The van der Waals surface area contributed by atoms with E-state index in [1.165, 1.54) is 11.8 Å². The van der Waals surface area contributed by atoms with Crippen LogP contribution >= 0.6 is 23.4 Å². The molecular weight excluding hydrogens is 526 g/mol. The number of anilines is 1. The van der Waals surface area contributed by atoms with Crippen LogP contribution in [0.25, 0.3) is 39.2 Å². The number of thioether (sulfide) groups is 1. The highest BCUT2D eigenvalue weighted by Gasteiger charge is 2.20. The molecule has 0 saturated heterocycles. The van der Waals surface area contributed by atoms with Crippen molar-refractivity contribution in [1.29, 1.82) is 0 Å². The largest absolute Gasteiger partial charge is 0.325 e. The highest BCUT2D eigenvalue weighted by Crippen LogP contribution is 2.34. The van der Waals surface area contributed by atoms with E-state index in [-0.39, 0.29) is 11.7 Å². The van der Waals surface area contributed by atoms with Gasteiger partial charge in [-0.2, -0.15) is 0 Å². The summed E-state index contributed by atoms with van der Waals surface area (Å²) in [6, 6.07) is 37.1. The third-order valence-corrected chi connectivity index (χ3v) is 7.32. The number of fused-ring (bicyclic) bond motifs is 1. The first-order valence-corrected chi connectivity index (χ1v) is 13.7. The molecule has 0 aliphatic carbocycles. The standard InChI is InChI=1S/C31H22ClN5OS/c32-22-15-17-23(18-16-22)33-29(38)20-39-31-36-35-30(37(31)24-11-5-2-6-12-24)26-19-28(21-9-3-1-4-10-21)34-27-14-8-7-13-25(26)27/h1-19H,20H2,(H,33,38).